The Balaban J connectivity index is 2.88. The maximum Gasteiger partial charge on any atom is 0.287 e. The fourth-order valence-electron chi connectivity index (χ4n) is 0.877. The highest BCUT2D eigenvalue weighted by Gasteiger charge is 2.05. The molecular formula is C7H9N3O2. The van der Waals surface area contributed by atoms with Gasteiger partial charge >= 0.3 is 0 Å². The number of nitrogens with two attached hydrogens (primary N) is 1. The van der Waals surface area contributed by atoms with Gasteiger partial charge in [0.05, 0.1) is 4.92 Å². The second kappa shape index (κ2) is 3.77. The minimum absolute atomic E-state index is 0.0148. The second-order valence-corrected chi connectivity index (χ2v) is 2.35. The Hall–Kier alpha value is -1.49. The van der Waals surface area contributed by atoms with Gasteiger partial charge in [-0.2, -0.15) is 0 Å². The topological polar surface area (TPSA) is 82.0 Å². The third-order valence-corrected chi connectivity index (χ3v) is 1.42. The van der Waals surface area contributed by atoms with Crippen LogP contribution >= 0.6 is 0 Å². The number of nitro groups is 1. The first-order chi connectivity index (χ1) is 5.74. The van der Waals surface area contributed by atoms with Crippen LogP contribution in [0.4, 0.5) is 5.69 Å². The van der Waals surface area contributed by atoms with Crippen LogP contribution < -0.4 is 5.73 Å². The predicted molar refractivity (Wildman–Crippen MR) is 43.6 cm³/mol. The number of aromatic nitrogens is 1. The molecule has 0 bridgehead atoms. The van der Waals surface area contributed by atoms with Gasteiger partial charge in [-0.05, 0) is 18.5 Å². The van der Waals surface area contributed by atoms with Crippen LogP contribution in [0.3, 0.4) is 0 Å². The first-order valence-corrected chi connectivity index (χ1v) is 3.52. The van der Waals surface area contributed by atoms with E-state index in [1.165, 1.54) is 12.3 Å². The van der Waals surface area contributed by atoms with Gasteiger partial charge in [0.1, 0.15) is 6.20 Å². The summed E-state index contributed by atoms with van der Waals surface area (Å²) in [5, 5.41) is 10.3. The highest BCUT2D eigenvalue weighted by molar-refractivity contribution is 5.29. The number of hydrogen-bond donors (Lipinski definition) is 1. The lowest BCUT2D eigenvalue weighted by Crippen LogP contribution is -2.03. The lowest BCUT2D eigenvalue weighted by molar-refractivity contribution is -0.385. The Morgan fingerprint density at radius 3 is 2.92 bits per heavy atom. The van der Waals surface area contributed by atoms with Crippen molar-refractivity contribution >= 4 is 5.69 Å². The van der Waals surface area contributed by atoms with E-state index in [4.69, 9.17) is 5.73 Å². The van der Waals surface area contributed by atoms with Gasteiger partial charge in [0.15, 0.2) is 0 Å². The molecule has 0 radical (unpaired) electrons. The molecule has 5 nitrogen and oxygen atoms in total. The third kappa shape index (κ3) is 2.00. The fraction of sp³-hybridized carbons (Fsp3) is 0.286. The Labute approximate surface area is 69.4 Å². The van der Waals surface area contributed by atoms with Crippen LogP contribution in [0.1, 0.15) is 5.56 Å². The van der Waals surface area contributed by atoms with E-state index in [0.29, 0.717) is 13.0 Å². The standard InChI is InChI=1S/C7H9N3O2/c8-2-1-6-3-7(10(11)12)5-9-4-6/h3-5H,1-2,8H2. The molecule has 0 unspecified atom stereocenters. The molecule has 5 heteroatoms. The average Bonchev–Trinajstić information content (AvgIpc) is 2.05. The quantitative estimate of drug-likeness (QED) is 0.524. The first kappa shape index (κ1) is 8.61. The Morgan fingerprint density at radius 2 is 2.33 bits per heavy atom. The molecule has 0 atom stereocenters. The molecule has 0 aliphatic heterocycles. The summed E-state index contributed by atoms with van der Waals surface area (Å²) in [4.78, 5) is 13.6. The van der Waals surface area contributed by atoms with E-state index in [9.17, 15) is 10.1 Å². The molecule has 2 N–H and O–H groups in total. The van der Waals surface area contributed by atoms with Crippen LogP contribution in [0.15, 0.2) is 18.5 Å². The van der Waals surface area contributed by atoms with E-state index >= 15 is 0 Å². The molecule has 0 fully saturated rings. The Kier molecular flexibility index (Phi) is 2.71. The lowest BCUT2D eigenvalue weighted by Gasteiger charge is -1.96. The average molecular weight is 167 g/mol. The summed E-state index contributed by atoms with van der Waals surface area (Å²) in [5.41, 5.74) is 6.10. The minimum atomic E-state index is -0.465. The number of hydrogen-bond acceptors (Lipinski definition) is 4. The van der Waals surface area contributed by atoms with Gasteiger partial charge in [0.2, 0.25) is 0 Å². The van der Waals surface area contributed by atoms with Crippen LogP contribution in [0, 0.1) is 10.1 Å². The fourth-order valence-corrected chi connectivity index (χ4v) is 0.877. The van der Waals surface area contributed by atoms with Gasteiger partial charge in [0, 0.05) is 12.3 Å². The molecular weight excluding hydrogens is 158 g/mol. The van der Waals surface area contributed by atoms with Gasteiger partial charge in [-0.25, -0.2) is 0 Å². The second-order valence-electron chi connectivity index (χ2n) is 2.35. The van der Waals surface area contributed by atoms with Crippen molar-refractivity contribution in [1.29, 1.82) is 0 Å². The van der Waals surface area contributed by atoms with Crippen molar-refractivity contribution in [2.45, 2.75) is 6.42 Å². The molecule has 0 amide bonds. The third-order valence-electron chi connectivity index (χ3n) is 1.42. The maximum absolute atomic E-state index is 10.3. The molecule has 12 heavy (non-hydrogen) atoms. The van der Waals surface area contributed by atoms with Crippen molar-refractivity contribution in [2.24, 2.45) is 5.73 Å². The molecule has 64 valence electrons. The Morgan fingerprint density at radius 1 is 1.58 bits per heavy atom. The van der Waals surface area contributed by atoms with E-state index in [-0.39, 0.29) is 5.69 Å². The van der Waals surface area contributed by atoms with Crippen LogP contribution in [-0.4, -0.2) is 16.5 Å². The summed E-state index contributed by atoms with van der Waals surface area (Å²) in [5.74, 6) is 0. The summed E-state index contributed by atoms with van der Waals surface area (Å²) in [6.07, 6.45) is 3.43. The van der Waals surface area contributed by atoms with Gasteiger partial charge in [-0.1, -0.05) is 0 Å². The van der Waals surface area contributed by atoms with Crippen molar-refractivity contribution < 1.29 is 4.92 Å². The Bertz CT molecular complexity index is 288. The van der Waals surface area contributed by atoms with E-state index in [2.05, 4.69) is 4.98 Å². The summed E-state index contributed by atoms with van der Waals surface area (Å²) >= 11 is 0. The molecule has 0 spiro atoms. The summed E-state index contributed by atoms with van der Waals surface area (Å²) in [7, 11) is 0. The SMILES string of the molecule is NCCc1cncc([N+](=O)[O-])c1. The van der Waals surface area contributed by atoms with Crippen molar-refractivity contribution in [2.75, 3.05) is 6.54 Å². The van der Waals surface area contributed by atoms with Gasteiger partial charge < -0.3 is 5.73 Å². The molecule has 1 aromatic heterocycles. The van der Waals surface area contributed by atoms with Crippen molar-refractivity contribution in [3.8, 4) is 0 Å². The molecule has 0 saturated heterocycles. The zero-order valence-electron chi connectivity index (χ0n) is 6.43. The van der Waals surface area contributed by atoms with Gasteiger partial charge in [-0.15, -0.1) is 0 Å². The molecule has 1 aromatic rings. The molecule has 1 heterocycles. The number of nitrogens with zero attached hydrogens (tertiary/aromatic N) is 2. The minimum Gasteiger partial charge on any atom is -0.330 e. The largest absolute Gasteiger partial charge is 0.330 e. The molecule has 0 saturated carbocycles. The molecule has 0 aliphatic carbocycles. The number of rotatable bonds is 3. The smallest absolute Gasteiger partial charge is 0.287 e. The molecule has 1 rings (SSSR count). The molecule has 0 aliphatic rings. The predicted octanol–water partition coefficient (Wildman–Crippen LogP) is 0.491. The zero-order valence-corrected chi connectivity index (χ0v) is 6.43. The maximum atomic E-state index is 10.3. The van der Waals surface area contributed by atoms with Crippen molar-refractivity contribution in [3.05, 3.63) is 34.1 Å². The monoisotopic (exact) mass is 167 g/mol. The molecule has 0 aromatic carbocycles. The van der Waals surface area contributed by atoms with Crippen LogP contribution in [-0.2, 0) is 6.42 Å². The summed E-state index contributed by atoms with van der Waals surface area (Å²) < 4.78 is 0. The van der Waals surface area contributed by atoms with E-state index in [1.54, 1.807) is 6.20 Å². The highest BCUT2D eigenvalue weighted by atomic mass is 16.6. The lowest BCUT2D eigenvalue weighted by atomic mass is 10.2. The summed E-state index contributed by atoms with van der Waals surface area (Å²) in [6.45, 7) is 0.475. The van der Waals surface area contributed by atoms with E-state index < -0.39 is 4.92 Å². The van der Waals surface area contributed by atoms with Crippen LogP contribution in [0.2, 0.25) is 0 Å². The van der Waals surface area contributed by atoms with Crippen molar-refractivity contribution in [3.63, 3.8) is 0 Å². The number of pyridine rings is 1. The van der Waals surface area contributed by atoms with Crippen molar-refractivity contribution in [1.82, 2.24) is 4.98 Å². The summed E-state index contributed by atoms with van der Waals surface area (Å²) in [6, 6.07) is 1.49. The highest BCUT2D eigenvalue weighted by Crippen LogP contribution is 2.10. The van der Waals surface area contributed by atoms with Gasteiger partial charge in [0.25, 0.3) is 5.69 Å². The van der Waals surface area contributed by atoms with Crippen LogP contribution in [0.25, 0.3) is 0 Å². The van der Waals surface area contributed by atoms with Gasteiger partial charge in [-0.3, -0.25) is 15.1 Å². The van der Waals surface area contributed by atoms with Crippen LogP contribution in [0.5, 0.6) is 0 Å². The normalized spacial score (nSPS) is 9.75. The first-order valence-electron chi connectivity index (χ1n) is 3.52. The van der Waals surface area contributed by atoms with E-state index in [0.717, 1.165) is 5.56 Å². The zero-order chi connectivity index (χ0) is 8.97. The van der Waals surface area contributed by atoms with E-state index in [1.807, 2.05) is 0 Å².